The first kappa shape index (κ1) is 25.3. The van der Waals surface area contributed by atoms with Gasteiger partial charge in [0.1, 0.15) is 29.8 Å². The number of halogens is 4. The molecule has 5 rings (SSSR count). The predicted molar refractivity (Wildman–Crippen MR) is 116 cm³/mol. The molecule has 0 bridgehead atoms. The van der Waals surface area contributed by atoms with E-state index < -0.39 is 66.0 Å². The monoisotopic (exact) mass is 523 g/mol. The van der Waals surface area contributed by atoms with E-state index in [1.807, 2.05) is 0 Å². The highest BCUT2D eigenvalue weighted by atomic mass is 19.2. The topological polar surface area (TPSA) is 116 Å². The minimum absolute atomic E-state index is 0.0172. The van der Waals surface area contributed by atoms with Crippen LogP contribution in [0.4, 0.5) is 17.6 Å². The number of hydrogen-bond donors (Lipinski definition) is 2. The summed E-state index contributed by atoms with van der Waals surface area (Å²) in [5.74, 6) is -7.49. The largest absolute Gasteiger partial charge is 0.451 e. The lowest BCUT2D eigenvalue weighted by Crippen LogP contribution is -2.63. The van der Waals surface area contributed by atoms with Crippen molar-refractivity contribution in [2.24, 2.45) is 0 Å². The van der Waals surface area contributed by atoms with E-state index in [9.17, 15) is 32.6 Å². The van der Waals surface area contributed by atoms with Crippen LogP contribution in [0, 0.1) is 23.3 Å². The molecule has 2 aromatic carbocycles. The summed E-state index contributed by atoms with van der Waals surface area (Å²) in [6.07, 6.45) is -2.02. The van der Waals surface area contributed by atoms with E-state index in [0.29, 0.717) is 6.42 Å². The van der Waals surface area contributed by atoms with E-state index in [1.165, 1.54) is 18.3 Å². The van der Waals surface area contributed by atoms with Gasteiger partial charge < -0.3 is 24.4 Å². The molecule has 3 heterocycles. The molecule has 2 saturated heterocycles. The van der Waals surface area contributed by atoms with Gasteiger partial charge >= 0.3 is 5.97 Å². The fourth-order valence-corrected chi connectivity index (χ4v) is 4.63. The first-order chi connectivity index (χ1) is 17.7. The maximum absolute atomic E-state index is 13.8. The second-order valence-electron chi connectivity index (χ2n) is 8.75. The molecule has 37 heavy (non-hydrogen) atoms. The number of nitrogens with zero attached hydrogens (tertiary/aromatic N) is 3. The number of carbonyl (C=O) groups excluding carboxylic acids is 1. The van der Waals surface area contributed by atoms with Crippen LogP contribution in [-0.4, -0.2) is 68.5 Å². The summed E-state index contributed by atoms with van der Waals surface area (Å²) < 4.78 is 72.9. The Balaban J connectivity index is 1.54. The van der Waals surface area contributed by atoms with Gasteiger partial charge in [0.05, 0.1) is 25.0 Å². The van der Waals surface area contributed by atoms with Crippen molar-refractivity contribution >= 4 is 5.97 Å². The van der Waals surface area contributed by atoms with Gasteiger partial charge in [-0.15, -0.1) is 5.10 Å². The highest BCUT2D eigenvalue weighted by Crippen LogP contribution is 2.45. The SMILES string of the molecule is O=C(O[C@@H]1[C@@H](n2cc(-c3cc(F)c(F)c(F)c3)nn2)[C@@H](O)[C@@H](CO)O[C@@]12CCCO2)c1ccc(F)cc1. The molecular formula is C24H21F4N3O6. The number of rotatable bonds is 5. The van der Waals surface area contributed by atoms with Crippen molar-refractivity contribution in [2.45, 2.75) is 43.0 Å². The van der Waals surface area contributed by atoms with Gasteiger partial charge in [-0.3, -0.25) is 0 Å². The molecule has 2 aliphatic heterocycles. The third-order valence-electron chi connectivity index (χ3n) is 6.43. The maximum Gasteiger partial charge on any atom is 0.338 e. The molecule has 0 aliphatic carbocycles. The summed E-state index contributed by atoms with van der Waals surface area (Å²) >= 11 is 0. The summed E-state index contributed by atoms with van der Waals surface area (Å²) in [7, 11) is 0. The molecule has 0 saturated carbocycles. The summed E-state index contributed by atoms with van der Waals surface area (Å²) in [5.41, 5.74) is -0.180. The molecule has 3 aromatic rings. The molecule has 9 nitrogen and oxygen atoms in total. The lowest BCUT2D eigenvalue weighted by molar-refractivity contribution is -0.337. The van der Waals surface area contributed by atoms with Crippen LogP contribution < -0.4 is 0 Å². The average Bonchev–Trinajstić information content (AvgIpc) is 3.55. The van der Waals surface area contributed by atoms with Crippen molar-refractivity contribution in [1.82, 2.24) is 15.0 Å². The van der Waals surface area contributed by atoms with Gasteiger partial charge in [0, 0.05) is 12.0 Å². The van der Waals surface area contributed by atoms with Crippen LogP contribution >= 0.6 is 0 Å². The number of aromatic nitrogens is 3. The summed E-state index contributed by atoms with van der Waals surface area (Å²) in [6, 6.07) is 4.83. The highest BCUT2D eigenvalue weighted by Gasteiger charge is 2.59. The van der Waals surface area contributed by atoms with Crippen LogP contribution in [0.1, 0.15) is 29.2 Å². The number of aliphatic hydroxyl groups excluding tert-OH is 2. The van der Waals surface area contributed by atoms with Crippen LogP contribution in [0.25, 0.3) is 11.3 Å². The van der Waals surface area contributed by atoms with E-state index in [2.05, 4.69) is 10.3 Å². The number of aliphatic hydroxyl groups is 2. The Hall–Kier alpha value is -3.39. The molecular weight excluding hydrogens is 502 g/mol. The average molecular weight is 523 g/mol. The number of esters is 1. The van der Waals surface area contributed by atoms with E-state index in [-0.39, 0.29) is 29.8 Å². The predicted octanol–water partition coefficient (Wildman–Crippen LogP) is 2.53. The van der Waals surface area contributed by atoms with Crippen LogP contribution in [-0.2, 0) is 14.2 Å². The fourth-order valence-electron chi connectivity index (χ4n) is 4.63. The first-order valence-electron chi connectivity index (χ1n) is 11.4. The van der Waals surface area contributed by atoms with Crippen LogP contribution in [0.2, 0.25) is 0 Å². The Labute approximate surface area is 207 Å². The van der Waals surface area contributed by atoms with Crippen LogP contribution in [0.3, 0.4) is 0 Å². The molecule has 2 aliphatic rings. The third-order valence-corrected chi connectivity index (χ3v) is 6.43. The molecule has 13 heteroatoms. The molecule has 196 valence electrons. The van der Waals surface area contributed by atoms with Crippen molar-refractivity contribution in [3.63, 3.8) is 0 Å². The van der Waals surface area contributed by atoms with Gasteiger partial charge in [-0.2, -0.15) is 0 Å². The molecule has 0 amide bonds. The van der Waals surface area contributed by atoms with E-state index in [0.717, 1.165) is 28.9 Å². The van der Waals surface area contributed by atoms with Crippen LogP contribution in [0.15, 0.2) is 42.6 Å². The van der Waals surface area contributed by atoms with Crippen molar-refractivity contribution < 1.29 is 46.8 Å². The Morgan fingerprint density at radius 1 is 1.16 bits per heavy atom. The van der Waals surface area contributed by atoms with E-state index in [4.69, 9.17) is 14.2 Å². The Morgan fingerprint density at radius 2 is 1.86 bits per heavy atom. The second kappa shape index (κ2) is 9.82. The van der Waals surface area contributed by atoms with E-state index in [1.54, 1.807) is 0 Å². The minimum atomic E-state index is -1.64. The number of ether oxygens (including phenoxy) is 3. The van der Waals surface area contributed by atoms with Crippen molar-refractivity contribution in [3.05, 3.63) is 71.4 Å². The highest BCUT2D eigenvalue weighted by molar-refractivity contribution is 5.89. The van der Waals surface area contributed by atoms with Gasteiger partial charge in [-0.25, -0.2) is 27.0 Å². The quantitative estimate of drug-likeness (QED) is 0.298. The van der Waals surface area contributed by atoms with Gasteiger partial charge in [0.15, 0.2) is 23.6 Å². The van der Waals surface area contributed by atoms with E-state index >= 15 is 0 Å². The molecule has 1 spiro atoms. The number of hydrogen-bond acceptors (Lipinski definition) is 8. The van der Waals surface area contributed by atoms with Gasteiger partial charge in [-0.05, 0) is 42.8 Å². The Bertz CT molecular complexity index is 1270. The number of benzene rings is 2. The zero-order valence-electron chi connectivity index (χ0n) is 19.1. The van der Waals surface area contributed by atoms with Crippen LogP contribution in [0.5, 0.6) is 0 Å². The van der Waals surface area contributed by atoms with Gasteiger partial charge in [-0.1, -0.05) is 5.21 Å². The number of carbonyl (C=O) groups is 1. The molecule has 2 N–H and O–H groups in total. The molecule has 2 fully saturated rings. The maximum atomic E-state index is 13.8. The first-order valence-corrected chi connectivity index (χ1v) is 11.4. The summed E-state index contributed by atoms with van der Waals surface area (Å²) in [5, 5.41) is 28.8. The summed E-state index contributed by atoms with van der Waals surface area (Å²) in [6.45, 7) is -0.375. The molecule has 0 radical (unpaired) electrons. The molecule has 5 atom stereocenters. The fraction of sp³-hybridized carbons (Fsp3) is 0.375. The Kier molecular flexibility index (Phi) is 6.70. The zero-order chi connectivity index (χ0) is 26.3. The second-order valence-corrected chi connectivity index (χ2v) is 8.75. The van der Waals surface area contributed by atoms with Crippen molar-refractivity contribution in [3.8, 4) is 11.3 Å². The normalized spacial score (nSPS) is 27.5. The third kappa shape index (κ3) is 4.59. The van der Waals surface area contributed by atoms with Crippen molar-refractivity contribution in [2.75, 3.05) is 13.2 Å². The van der Waals surface area contributed by atoms with Crippen molar-refractivity contribution in [1.29, 1.82) is 0 Å². The zero-order valence-corrected chi connectivity index (χ0v) is 19.1. The summed E-state index contributed by atoms with van der Waals surface area (Å²) in [4.78, 5) is 13.0. The molecule has 0 unspecified atom stereocenters. The Morgan fingerprint density at radius 3 is 2.49 bits per heavy atom. The lowest BCUT2D eigenvalue weighted by Gasteiger charge is -2.48. The lowest BCUT2D eigenvalue weighted by atomic mass is 9.88. The van der Waals surface area contributed by atoms with Gasteiger partial charge in [0.2, 0.25) is 5.79 Å². The van der Waals surface area contributed by atoms with Gasteiger partial charge in [0.25, 0.3) is 0 Å². The smallest absolute Gasteiger partial charge is 0.338 e. The minimum Gasteiger partial charge on any atom is -0.451 e. The standard InChI is InChI=1S/C24H21F4N3O6/c25-14-4-2-12(3-5-14)23(34)36-22-20(21(33)18(11-32)37-24(22)6-1-7-35-24)31-10-17(29-30-31)13-8-15(26)19(28)16(27)9-13/h2-5,8-10,18,20-22,32-33H,1,6-7,11H2/t18-,20+,21+,22-,24+/m1/s1. The molecule has 1 aromatic heterocycles.